The van der Waals surface area contributed by atoms with Crippen LogP contribution in [0.3, 0.4) is 0 Å². The second kappa shape index (κ2) is 9.59. The Morgan fingerprint density at radius 3 is 3.10 bits per heavy atom. The normalized spacial score (nSPS) is 15.3. The van der Waals surface area contributed by atoms with Gasteiger partial charge < -0.3 is 19.8 Å². The van der Waals surface area contributed by atoms with Crippen molar-refractivity contribution in [1.82, 2.24) is 10.3 Å². The molecule has 31 heavy (non-hydrogen) atoms. The molecule has 3 heterocycles. The molecule has 0 saturated heterocycles. The molecule has 0 aromatic carbocycles. The van der Waals surface area contributed by atoms with Crippen LogP contribution in [0.25, 0.3) is 6.08 Å². The molecular weight excluding hydrogens is 436 g/mol. The van der Waals surface area contributed by atoms with E-state index in [9.17, 15) is 14.9 Å². The number of rotatable bonds is 6. The van der Waals surface area contributed by atoms with Crippen LogP contribution in [0.4, 0.5) is 9.80 Å². The minimum absolute atomic E-state index is 0.279. The number of thiophene rings is 1. The lowest BCUT2D eigenvalue weighted by molar-refractivity contribution is -0.111. The van der Waals surface area contributed by atoms with Gasteiger partial charge in [0.1, 0.15) is 22.2 Å². The molecule has 3 aromatic heterocycles. The Hall–Kier alpha value is -3.42. The first kappa shape index (κ1) is 20.8. The predicted molar refractivity (Wildman–Crippen MR) is 117 cm³/mol. The summed E-state index contributed by atoms with van der Waals surface area (Å²) in [6.07, 6.45) is 8.74. The molecule has 10 heteroatoms. The number of alkyl carbamates (subject to hydrolysis) is 1. The van der Waals surface area contributed by atoms with Crippen LogP contribution in [0.2, 0.25) is 0 Å². The standard InChI is InChI=1S/C21H18N4O4S2/c22-10-16-15-3-2-14(29-21(27)24-11-19-23-6-8-30-19)9-17(15)31-20(16)25-18(26)4-1-13-5-7-28-12-13/h1,4-8,12,14H,2-3,9,11H2,(H,24,27)(H,25,26). The topological polar surface area (TPSA) is 117 Å². The number of amides is 2. The molecule has 1 atom stereocenters. The average Bonchev–Trinajstić information content (AvgIpc) is 3.51. The molecule has 2 amide bonds. The van der Waals surface area contributed by atoms with Crippen LogP contribution in [-0.2, 0) is 28.9 Å². The van der Waals surface area contributed by atoms with E-state index < -0.39 is 6.09 Å². The van der Waals surface area contributed by atoms with Gasteiger partial charge >= 0.3 is 6.09 Å². The van der Waals surface area contributed by atoms with E-state index >= 15 is 0 Å². The van der Waals surface area contributed by atoms with Gasteiger partial charge in [-0.15, -0.1) is 22.7 Å². The lowest BCUT2D eigenvalue weighted by Gasteiger charge is -2.22. The summed E-state index contributed by atoms with van der Waals surface area (Å²) in [6.45, 7) is 0.328. The molecule has 1 aliphatic rings. The third-order valence-corrected chi connectivity index (χ3v) is 6.63. The third-order valence-electron chi connectivity index (χ3n) is 4.68. The molecule has 158 valence electrons. The van der Waals surface area contributed by atoms with Crippen LogP contribution >= 0.6 is 22.7 Å². The Kier molecular flexibility index (Phi) is 6.45. The van der Waals surface area contributed by atoms with Crippen molar-refractivity contribution in [2.45, 2.75) is 31.9 Å². The number of carbonyl (C=O) groups excluding carboxylic acids is 2. The number of aromatic nitrogens is 1. The van der Waals surface area contributed by atoms with E-state index in [1.54, 1.807) is 18.3 Å². The van der Waals surface area contributed by atoms with E-state index in [-0.39, 0.29) is 12.0 Å². The number of nitrogens with zero attached hydrogens (tertiary/aromatic N) is 2. The van der Waals surface area contributed by atoms with E-state index in [1.165, 1.54) is 41.3 Å². The number of nitriles is 1. The Balaban J connectivity index is 1.37. The smallest absolute Gasteiger partial charge is 0.407 e. The average molecular weight is 455 g/mol. The number of carbonyl (C=O) groups is 2. The third kappa shape index (κ3) is 5.20. The molecule has 4 rings (SSSR count). The molecule has 2 N–H and O–H groups in total. The Labute approximate surface area is 186 Å². The maximum Gasteiger partial charge on any atom is 0.407 e. The minimum atomic E-state index is -0.487. The maximum atomic E-state index is 12.3. The molecule has 8 nitrogen and oxygen atoms in total. The van der Waals surface area contributed by atoms with Crippen molar-refractivity contribution in [2.75, 3.05) is 5.32 Å². The fraction of sp³-hybridized carbons (Fsp3) is 0.238. The number of nitrogens with one attached hydrogen (secondary N) is 2. The van der Waals surface area contributed by atoms with Crippen molar-refractivity contribution in [3.8, 4) is 6.07 Å². The summed E-state index contributed by atoms with van der Waals surface area (Å²) >= 11 is 2.82. The van der Waals surface area contributed by atoms with Crippen molar-refractivity contribution in [2.24, 2.45) is 0 Å². The quantitative estimate of drug-likeness (QED) is 0.542. The molecule has 1 aliphatic carbocycles. The van der Waals surface area contributed by atoms with E-state index in [0.29, 0.717) is 36.4 Å². The van der Waals surface area contributed by atoms with Crippen LogP contribution in [-0.4, -0.2) is 23.1 Å². The Morgan fingerprint density at radius 2 is 2.35 bits per heavy atom. The second-order valence-corrected chi connectivity index (χ2v) is 8.83. The molecule has 0 radical (unpaired) electrons. The van der Waals surface area contributed by atoms with E-state index in [1.807, 2.05) is 5.38 Å². The highest BCUT2D eigenvalue weighted by molar-refractivity contribution is 7.16. The molecule has 0 spiro atoms. The van der Waals surface area contributed by atoms with E-state index in [2.05, 4.69) is 21.7 Å². The summed E-state index contributed by atoms with van der Waals surface area (Å²) in [5.41, 5.74) is 2.18. The van der Waals surface area contributed by atoms with Crippen LogP contribution in [0.15, 0.2) is 40.7 Å². The molecule has 0 fully saturated rings. The molecule has 3 aromatic rings. The summed E-state index contributed by atoms with van der Waals surface area (Å²) in [7, 11) is 0. The molecule has 0 aliphatic heterocycles. The number of anilines is 1. The van der Waals surface area contributed by atoms with Gasteiger partial charge in [-0.1, -0.05) is 0 Å². The van der Waals surface area contributed by atoms with Crippen molar-refractivity contribution in [3.63, 3.8) is 0 Å². The summed E-state index contributed by atoms with van der Waals surface area (Å²) in [6, 6.07) is 3.94. The number of hydrogen-bond donors (Lipinski definition) is 2. The molecule has 0 saturated carbocycles. The van der Waals surface area contributed by atoms with Crippen molar-refractivity contribution < 1.29 is 18.7 Å². The van der Waals surface area contributed by atoms with Crippen LogP contribution in [0, 0.1) is 11.3 Å². The largest absolute Gasteiger partial charge is 0.472 e. The minimum Gasteiger partial charge on any atom is -0.472 e. The highest BCUT2D eigenvalue weighted by Gasteiger charge is 2.28. The first-order valence-electron chi connectivity index (χ1n) is 9.51. The van der Waals surface area contributed by atoms with Gasteiger partial charge in [0.2, 0.25) is 5.91 Å². The number of hydrogen-bond acceptors (Lipinski definition) is 8. The fourth-order valence-electron chi connectivity index (χ4n) is 3.24. The monoisotopic (exact) mass is 454 g/mol. The number of furan rings is 1. The second-order valence-electron chi connectivity index (χ2n) is 6.75. The maximum absolute atomic E-state index is 12.3. The predicted octanol–water partition coefficient (Wildman–Crippen LogP) is 4.10. The Bertz CT molecular complexity index is 1130. The molecule has 1 unspecified atom stereocenters. The van der Waals surface area contributed by atoms with Crippen LogP contribution < -0.4 is 10.6 Å². The number of ether oxygens (including phenoxy) is 1. The fourth-order valence-corrected chi connectivity index (χ4v) is 5.06. The van der Waals surface area contributed by atoms with Crippen LogP contribution in [0.1, 0.15) is 33.0 Å². The highest BCUT2D eigenvalue weighted by Crippen LogP contribution is 2.38. The van der Waals surface area contributed by atoms with Gasteiger partial charge in [0.15, 0.2) is 0 Å². The van der Waals surface area contributed by atoms with Crippen molar-refractivity contribution in [3.05, 3.63) is 62.8 Å². The van der Waals surface area contributed by atoms with Crippen molar-refractivity contribution >= 4 is 45.8 Å². The zero-order valence-electron chi connectivity index (χ0n) is 16.3. The van der Waals surface area contributed by atoms with Gasteiger partial charge in [-0.2, -0.15) is 5.26 Å². The summed E-state index contributed by atoms with van der Waals surface area (Å²) in [5.74, 6) is -0.328. The van der Waals surface area contributed by atoms with Gasteiger partial charge in [0.05, 0.1) is 24.6 Å². The lowest BCUT2D eigenvalue weighted by Crippen LogP contribution is -2.31. The van der Waals surface area contributed by atoms with Gasteiger partial charge in [0, 0.05) is 34.5 Å². The zero-order valence-corrected chi connectivity index (χ0v) is 17.9. The van der Waals surface area contributed by atoms with E-state index in [0.717, 1.165) is 21.0 Å². The lowest BCUT2D eigenvalue weighted by atomic mass is 9.94. The highest BCUT2D eigenvalue weighted by atomic mass is 32.1. The Morgan fingerprint density at radius 1 is 1.45 bits per heavy atom. The summed E-state index contributed by atoms with van der Waals surface area (Å²) in [4.78, 5) is 29.4. The summed E-state index contributed by atoms with van der Waals surface area (Å²) < 4.78 is 10.5. The van der Waals surface area contributed by atoms with Gasteiger partial charge in [-0.05, 0) is 30.5 Å². The SMILES string of the molecule is N#Cc1c(NC(=O)C=Cc2ccoc2)sc2c1CCC(OC(=O)NCc1nccs1)C2. The first-order valence-corrected chi connectivity index (χ1v) is 11.2. The molecular formula is C21H18N4O4S2. The zero-order chi connectivity index (χ0) is 21.6. The van der Waals surface area contributed by atoms with Gasteiger partial charge in [0.25, 0.3) is 0 Å². The van der Waals surface area contributed by atoms with Gasteiger partial charge in [-0.3, -0.25) is 4.79 Å². The van der Waals surface area contributed by atoms with Crippen molar-refractivity contribution in [1.29, 1.82) is 5.26 Å². The summed E-state index contributed by atoms with van der Waals surface area (Å²) in [5, 5.41) is 18.3. The van der Waals surface area contributed by atoms with Crippen LogP contribution in [0.5, 0.6) is 0 Å². The number of thiazole rings is 1. The van der Waals surface area contributed by atoms with Gasteiger partial charge in [-0.25, -0.2) is 9.78 Å². The number of fused-ring (bicyclic) bond motifs is 1. The molecule has 0 bridgehead atoms. The first-order chi connectivity index (χ1) is 15.1. The van der Waals surface area contributed by atoms with E-state index in [4.69, 9.17) is 9.15 Å².